The molecule has 1 aliphatic rings. The summed E-state index contributed by atoms with van der Waals surface area (Å²) in [6.45, 7) is 12.7. The van der Waals surface area contributed by atoms with Crippen LogP contribution in [0, 0.1) is 11.3 Å². The molecule has 1 saturated heterocycles. The SMILES string of the molecule is CC(C)CN[C@H]1CCCN(OC(=O)C(C)(C)C)C1. The fourth-order valence-electron chi connectivity index (χ4n) is 1.85. The second-order valence-corrected chi connectivity index (χ2v) is 6.66. The zero-order valence-electron chi connectivity index (χ0n) is 12.5. The number of hydrogen-bond acceptors (Lipinski definition) is 4. The molecule has 0 aromatic heterocycles. The van der Waals surface area contributed by atoms with Crippen LogP contribution in [0.1, 0.15) is 47.5 Å². The molecule has 1 fully saturated rings. The van der Waals surface area contributed by atoms with Crippen LogP contribution in [0.3, 0.4) is 0 Å². The molecule has 0 unspecified atom stereocenters. The molecule has 0 aromatic carbocycles. The van der Waals surface area contributed by atoms with Gasteiger partial charge >= 0.3 is 5.97 Å². The summed E-state index contributed by atoms with van der Waals surface area (Å²) in [4.78, 5) is 17.3. The molecule has 0 amide bonds. The van der Waals surface area contributed by atoms with E-state index in [0.29, 0.717) is 12.0 Å². The standard InChI is InChI=1S/C14H28N2O2/c1-11(2)9-15-12-7-6-8-16(10-12)18-13(17)14(3,4)5/h11-12,15H,6-10H2,1-5H3/t12-/m0/s1. The number of carbonyl (C=O) groups is 1. The molecule has 106 valence electrons. The van der Waals surface area contributed by atoms with Gasteiger partial charge in [0.25, 0.3) is 0 Å². The molecule has 1 aliphatic heterocycles. The van der Waals surface area contributed by atoms with Gasteiger partial charge in [0.05, 0.1) is 12.0 Å². The van der Waals surface area contributed by atoms with Gasteiger partial charge in [0.1, 0.15) is 0 Å². The van der Waals surface area contributed by atoms with E-state index in [4.69, 9.17) is 4.84 Å². The summed E-state index contributed by atoms with van der Waals surface area (Å²) in [5.74, 6) is 0.504. The summed E-state index contributed by atoms with van der Waals surface area (Å²) in [7, 11) is 0. The Bertz CT molecular complexity index is 271. The van der Waals surface area contributed by atoms with Crippen molar-refractivity contribution < 1.29 is 9.63 Å². The molecule has 1 heterocycles. The van der Waals surface area contributed by atoms with Gasteiger partial charge in [0.15, 0.2) is 0 Å². The summed E-state index contributed by atoms with van der Waals surface area (Å²) in [5, 5.41) is 5.34. The van der Waals surface area contributed by atoms with Crippen LogP contribution in [0.15, 0.2) is 0 Å². The number of carbonyl (C=O) groups excluding carboxylic acids is 1. The number of rotatable bonds is 4. The lowest BCUT2D eigenvalue weighted by molar-refractivity contribution is -0.205. The normalized spacial score (nSPS) is 22.2. The fraction of sp³-hybridized carbons (Fsp3) is 0.929. The van der Waals surface area contributed by atoms with Gasteiger partial charge in [-0.05, 0) is 46.1 Å². The summed E-state index contributed by atoms with van der Waals surface area (Å²) in [5.41, 5.74) is -0.432. The van der Waals surface area contributed by atoms with Gasteiger partial charge in [-0.2, -0.15) is 0 Å². The zero-order chi connectivity index (χ0) is 13.8. The van der Waals surface area contributed by atoms with E-state index in [1.54, 1.807) is 0 Å². The third kappa shape index (κ3) is 5.36. The van der Waals surface area contributed by atoms with Crippen molar-refractivity contribution in [2.24, 2.45) is 11.3 Å². The lowest BCUT2D eigenvalue weighted by atomic mass is 9.98. The Morgan fingerprint density at radius 3 is 2.67 bits per heavy atom. The van der Waals surface area contributed by atoms with Crippen molar-refractivity contribution in [2.75, 3.05) is 19.6 Å². The fourth-order valence-corrected chi connectivity index (χ4v) is 1.85. The quantitative estimate of drug-likeness (QED) is 0.837. The first kappa shape index (κ1) is 15.4. The summed E-state index contributed by atoms with van der Waals surface area (Å²) >= 11 is 0. The van der Waals surface area contributed by atoms with Gasteiger partial charge in [0.2, 0.25) is 0 Å². The van der Waals surface area contributed by atoms with Crippen LogP contribution in [0.4, 0.5) is 0 Å². The first-order valence-corrected chi connectivity index (χ1v) is 6.99. The molecule has 1 atom stereocenters. The molecule has 1 rings (SSSR count). The molecule has 0 aliphatic carbocycles. The Hall–Kier alpha value is -0.610. The number of nitrogens with one attached hydrogen (secondary N) is 1. The summed E-state index contributed by atoms with van der Waals surface area (Å²) < 4.78 is 0. The van der Waals surface area contributed by atoms with Crippen molar-refractivity contribution in [1.29, 1.82) is 0 Å². The molecule has 18 heavy (non-hydrogen) atoms. The smallest absolute Gasteiger partial charge is 0.330 e. The van der Waals surface area contributed by atoms with Crippen molar-refractivity contribution >= 4 is 5.97 Å². The van der Waals surface area contributed by atoms with Crippen molar-refractivity contribution in [3.8, 4) is 0 Å². The maximum atomic E-state index is 11.8. The average Bonchev–Trinajstić information content (AvgIpc) is 2.25. The van der Waals surface area contributed by atoms with Crippen LogP contribution in [-0.4, -0.2) is 36.7 Å². The molecule has 0 radical (unpaired) electrons. The maximum Gasteiger partial charge on any atom is 0.330 e. The minimum atomic E-state index is -0.432. The monoisotopic (exact) mass is 256 g/mol. The minimum Gasteiger partial charge on any atom is -0.367 e. The van der Waals surface area contributed by atoms with Gasteiger partial charge in [-0.15, -0.1) is 5.06 Å². The van der Waals surface area contributed by atoms with Gasteiger partial charge in [-0.3, -0.25) is 0 Å². The third-order valence-electron chi connectivity index (χ3n) is 3.02. The van der Waals surface area contributed by atoms with E-state index < -0.39 is 5.41 Å². The van der Waals surface area contributed by atoms with E-state index in [1.165, 1.54) is 0 Å². The highest BCUT2D eigenvalue weighted by molar-refractivity contribution is 5.75. The second-order valence-electron chi connectivity index (χ2n) is 6.66. The van der Waals surface area contributed by atoms with E-state index >= 15 is 0 Å². The molecule has 0 spiro atoms. The number of hydroxylamine groups is 2. The molecular weight excluding hydrogens is 228 g/mol. The molecule has 4 nitrogen and oxygen atoms in total. The predicted molar refractivity (Wildman–Crippen MR) is 73.0 cm³/mol. The highest BCUT2D eigenvalue weighted by Gasteiger charge is 2.28. The van der Waals surface area contributed by atoms with E-state index in [9.17, 15) is 4.79 Å². The lowest BCUT2D eigenvalue weighted by Gasteiger charge is -2.33. The van der Waals surface area contributed by atoms with Crippen molar-refractivity contribution in [3.63, 3.8) is 0 Å². The van der Waals surface area contributed by atoms with E-state index in [-0.39, 0.29) is 5.97 Å². The van der Waals surface area contributed by atoms with Crippen LogP contribution in [0.5, 0.6) is 0 Å². The maximum absolute atomic E-state index is 11.8. The van der Waals surface area contributed by atoms with Gasteiger partial charge in [-0.25, -0.2) is 4.79 Å². The topological polar surface area (TPSA) is 41.6 Å². The molecule has 0 bridgehead atoms. The Labute approximate surface area is 111 Å². The Balaban J connectivity index is 2.37. The predicted octanol–water partition coefficient (Wildman–Crippen LogP) is 2.20. The molecular formula is C14H28N2O2. The minimum absolute atomic E-state index is 0.146. The lowest BCUT2D eigenvalue weighted by Crippen LogP contribution is -2.48. The average molecular weight is 256 g/mol. The van der Waals surface area contributed by atoms with Crippen LogP contribution in [0.2, 0.25) is 0 Å². The van der Waals surface area contributed by atoms with Crippen molar-refractivity contribution in [3.05, 3.63) is 0 Å². The van der Waals surface area contributed by atoms with Gasteiger partial charge in [0, 0.05) is 12.6 Å². The van der Waals surface area contributed by atoms with Crippen LogP contribution in [0.25, 0.3) is 0 Å². The van der Waals surface area contributed by atoms with Gasteiger partial charge in [-0.1, -0.05) is 13.8 Å². The van der Waals surface area contributed by atoms with E-state index in [1.807, 2.05) is 25.8 Å². The Kier molecular flexibility index (Phi) is 5.60. The largest absolute Gasteiger partial charge is 0.367 e. The van der Waals surface area contributed by atoms with Crippen molar-refractivity contribution in [2.45, 2.75) is 53.5 Å². The molecule has 1 N–H and O–H groups in total. The molecule has 4 heteroatoms. The Morgan fingerprint density at radius 1 is 1.44 bits per heavy atom. The first-order valence-electron chi connectivity index (χ1n) is 6.99. The zero-order valence-corrected chi connectivity index (χ0v) is 12.5. The van der Waals surface area contributed by atoms with Crippen molar-refractivity contribution in [1.82, 2.24) is 10.4 Å². The summed E-state index contributed by atoms with van der Waals surface area (Å²) in [6.07, 6.45) is 2.24. The number of hydrogen-bond donors (Lipinski definition) is 1. The molecule has 0 aromatic rings. The molecule has 0 saturated carbocycles. The number of nitrogens with zero attached hydrogens (tertiary/aromatic N) is 1. The Morgan fingerprint density at radius 2 is 2.11 bits per heavy atom. The third-order valence-corrected chi connectivity index (χ3v) is 3.02. The van der Waals surface area contributed by atoms with E-state index in [0.717, 1.165) is 32.5 Å². The van der Waals surface area contributed by atoms with Crippen LogP contribution < -0.4 is 5.32 Å². The van der Waals surface area contributed by atoms with Crippen LogP contribution in [-0.2, 0) is 9.63 Å². The van der Waals surface area contributed by atoms with Gasteiger partial charge < -0.3 is 10.2 Å². The number of piperidine rings is 1. The second kappa shape index (κ2) is 6.53. The first-order chi connectivity index (χ1) is 8.29. The highest BCUT2D eigenvalue weighted by atomic mass is 16.7. The summed E-state index contributed by atoms with van der Waals surface area (Å²) in [6, 6.07) is 0.439. The highest BCUT2D eigenvalue weighted by Crippen LogP contribution is 2.18. The van der Waals surface area contributed by atoms with Crippen LogP contribution >= 0.6 is 0 Å². The van der Waals surface area contributed by atoms with E-state index in [2.05, 4.69) is 19.2 Å².